The first-order valence-corrected chi connectivity index (χ1v) is 5.53. The van der Waals surface area contributed by atoms with Gasteiger partial charge in [0.2, 0.25) is 0 Å². The van der Waals surface area contributed by atoms with E-state index in [1.807, 2.05) is 6.07 Å². The third kappa shape index (κ3) is 1.66. The van der Waals surface area contributed by atoms with Gasteiger partial charge in [-0.3, -0.25) is 0 Å². The van der Waals surface area contributed by atoms with Gasteiger partial charge in [-0.15, -0.1) is 11.3 Å². The van der Waals surface area contributed by atoms with Crippen LogP contribution in [0.2, 0.25) is 0 Å². The Kier molecular flexibility index (Phi) is 2.53. The molecule has 6 heteroatoms. The quantitative estimate of drug-likeness (QED) is 0.676. The second-order valence-corrected chi connectivity index (χ2v) is 4.91. The van der Waals surface area contributed by atoms with Crippen molar-refractivity contribution in [1.82, 2.24) is 0 Å². The summed E-state index contributed by atoms with van der Waals surface area (Å²) < 4.78 is 1.77. The van der Waals surface area contributed by atoms with E-state index in [1.54, 1.807) is 12.1 Å². The molecule has 4 N–H and O–H groups in total. The number of thiophene rings is 1. The average Bonchev–Trinajstić information content (AvgIpc) is 2.45. The lowest BCUT2D eigenvalue weighted by Crippen LogP contribution is -2.29. The molecule has 72 valence electrons. The molecule has 0 aliphatic rings. The van der Waals surface area contributed by atoms with E-state index in [0.717, 1.165) is 14.6 Å². The van der Waals surface area contributed by atoms with Gasteiger partial charge < -0.3 is 15.8 Å². The fourth-order valence-electron chi connectivity index (χ4n) is 1.28. The van der Waals surface area contributed by atoms with Gasteiger partial charge in [-0.2, -0.15) is 0 Å². The Morgan fingerprint density at radius 1 is 1.29 bits per heavy atom. The summed E-state index contributed by atoms with van der Waals surface area (Å²) in [6.07, 6.45) is 0. The van der Waals surface area contributed by atoms with Crippen molar-refractivity contribution >= 4 is 54.9 Å². The standard InChI is InChI=1S/C8H7BBrNO2S/c10-6-1-4(9(12)13)2-7-5(6)3-8(11)14-7/h1-3,12-13H,11H2. The van der Waals surface area contributed by atoms with Gasteiger partial charge in [0.05, 0.1) is 5.00 Å². The van der Waals surface area contributed by atoms with Crippen LogP contribution in [0.3, 0.4) is 0 Å². The molecule has 14 heavy (non-hydrogen) atoms. The Morgan fingerprint density at radius 2 is 2.00 bits per heavy atom. The molecule has 0 unspecified atom stereocenters. The number of benzene rings is 1. The Bertz CT molecular complexity index is 485. The van der Waals surface area contributed by atoms with Crippen LogP contribution in [0.15, 0.2) is 22.7 Å². The number of halogens is 1. The highest BCUT2D eigenvalue weighted by molar-refractivity contribution is 9.10. The van der Waals surface area contributed by atoms with Gasteiger partial charge >= 0.3 is 7.12 Å². The summed E-state index contributed by atoms with van der Waals surface area (Å²) in [5.41, 5.74) is 6.12. The molecule has 0 atom stereocenters. The Labute approximate surface area is 93.4 Å². The van der Waals surface area contributed by atoms with E-state index < -0.39 is 7.12 Å². The molecular weight excluding hydrogens is 265 g/mol. The first-order chi connectivity index (χ1) is 6.58. The number of nitrogens with two attached hydrogens (primary N) is 1. The maximum atomic E-state index is 9.02. The summed E-state index contributed by atoms with van der Waals surface area (Å²) in [5, 5.41) is 19.8. The zero-order valence-corrected chi connectivity index (χ0v) is 9.47. The summed E-state index contributed by atoms with van der Waals surface area (Å²) in [7, 11) is -1.45. The van der Waals surface area contributed by atoms with Crippen molar-refractivity contribution in [3.8, 4) is 0 Å². The van der Waals surface area contributed by atoms with E-state index in [-0.39, 0.29) is 0 Å². The molecule has 0 spiro atoms. The van der Waals surface area contributed by atoms with Crippen LogP contribution in [-0.4, -0.2) is 17.2 Å². The van der Waals surface area contributed by atoms with E-state index >= 15 is 0 Å². The zero-order valence-electron chi connectivity index (χ0n) is 7.07. The largest absolute Gasteiger partial charge is 0.488 e. The zero-order chi connectivity index (χ0) is 10.3. The van der Waals surface area contributed by atoms with Crippen molar-refractivity contribution in [2.75, 3.05) is 5.73 Å². The number of rotatable bonds is 1. The van der Waals surface area contributed by atoms with Crippen LogP contribution < -0.4 is 11.2 Å². The van der Waals surface area contributed by atoms with E-state index in [2.05, 4.69) is 15.9 Å². The monoisotopic (exact) mass is 271 g/mol. The van der Waals surface area contributed by atoms with Crippen molar-refractivity contribution in [1.29, 1.82) is 0 Å². The maximum Gasteiger partial charge on any atom is 0.488 e. The van der Waals surface area contributed by atoms with Crippen LogP contribution in [0.5, 0.6) is 0 Å². The van der Waals surface area contributed by atoms with Crippen LogP contribution in [-0.2, 0) is 0 Å². The Balaban J connectivity index is 2.71. The molecule has 0 amide bonds. The van der Waals surface area contributed by atoms with E-state index in [9.17, 15) is 0 Å². The van der Waals surface area contributed by atoms with Crippen LogP contribution in [0.25, 0.3) is 10.1 Å². The van der Waals surface area contributed by atoms with Gasteiger partial charge in [0.1, 0.15) is 0 Å². The lowest BCUT2D eigenvalue weighted by molar-refractivity contribution is 0.426. The van der Waals surface area contributed by atoms with Crippen molar-refractivity contribution in [3.05, 3.63) is 22.7 Å². The normalized spacial score (nSPS) is 10.8. The van der Waals surface area contributed by atoms with Crippen LogP contribution in [0.1, 0.15) is 0 Å². The highest BCUT2D eigenvalue weighted by atomic mass is 79.9. The smallest absolute Gasteiger partial charge is 0.423 e. The van der Waals surface area contributed by atoms with Crippen LogP contribution >= 0.6 is 27.3 Å². The predicted molar refractivity (Wildman–Crippen MR) is 63.8 cm³/mol. The van der Waals surface area contributed by atoms with Gasteiger partial charge in [-0.05, 0) is 23.7 Å². The van der Waals surface area contributed by atoms with E-state index in [1.165, 1.54) is 11.3 Å². The molecule has 1 aromatic heterocycles. The molecule has 0 aliphatic heterocycles. The fraction of sp³-hybridized carbons (Fsp3) is 0. The molecule has 0 radical (unpaired) electrons. The molecule has 0 aliphatic carbocycles. The summed E-state index contributed by atoms with van der Waals surface area (Å²) in [6.45, 7) is 0. The fourth-order valence-corrected chi connectivity index (χ4v) is 2.91. The highest BCUT2D eigenvalue weighted by Crippen LogP contribution is 2.31. The molecule has 3 nitrogen and oxygen atoms in total. The highest BCUT2D eigenvalue weighted by Gasteiger charge is 2.14. The third-order valence-electron chi connectivity index (χ3n) is 1.93. The molecule has 1 heterocycles. The van der Waals surface area contributed by atoms with Crippen molar-refractivity contribution in [2.24, 2.45) is 0 Å². The SMILES string of the molecule is Nc1cc2c(Br)cc(B(O)O)cc2s1. The molecule has 0 bridgehead atoms. The first-order valence-electron chi connectivity index (χ1n) is 3.92. The van der Waals surface area contributed by atoms with Gasteiger partial charge in [0.15, 0.2) is 0 Å². The first kappa shape index (κ1) is 9.98. The minimum Gasteiger partial charge on any atom is -0.423 e. The Morgan fingerprint density at radius 3 is 2.64 bits per heavy atom. The van der Waals surface area contributed by atoms with Crippen LogP contribution in [0.4, 0.5) is 5.00 Å². The molecule has 0 fully saturated rings. The molecule has 1 aromatic carbocycles. The minimum atomic E-state index is -1.45. The second kappa shape index (κ2) is 3.54. The Hall–Kier alpha value is -0.555. The van der Waals surface area contributed by atoms with Crippen molar-refractivity contribution in [3.63, 3.8) is 0 Å². The topological polar surface area (TPSA) is 66.5 Å². The summed E-state index contributed by atoms with van der Waals surface area (Å²) in [5.74, 6) is 0. The van der Waals surface area contributed by atoms with E-state index in [4.69, 9.17) is 15.8 Å². The number of fused-ring (bicyclic) bond motifs is 1. The van der Waals surface area contributed by atoms with Crippen molar-refractivity contribution < 1.29 is 10.0 Å². The van der Waals surface area contributed by atoms with Gasteiger partial charge in [0.25, 0.3) is 0 Å². The number of anilines is 1. The number of nitrogen functional groups attached to an aromatic ring is 1. The maximum absolute atomic E-state index is 9.02. The molecule has 2 rings (SSSR count). The predicted octanol–water partition coefficient (Wildman–Crippen LogP) is 0.926. The van der Waals surface area contributed by atoms with E-state index in [0.29, 0.717) is 10.5 Å². The third-order valence-corrected chi connectivity index (χ3v) is 3.49. The second-order valence-electron chi connectivity index (χ2n) is 2.94. The number of hydrogen-bond acceptors (Lipinski definition) is 4. The average molecular weight is 272 g/mol. The lowest BCUT2D eigenvalue weighted by Gasteiger charge is -2.00. The molecular formula is C8H7BBrNO2S. The summed E-state index contributed by atoms with van der Waals surface area (Å²) in [6, 6.07) is 5.27. The van der Waals surface area contributed by atoms with Gasteiger partial charge in [-0.25, -0.2) is 0 Å². The van der Waals surface area contributed by atoms with Crippen LogP contribution in [0, 0.1) is 0 Å². The minimum absolute atomic E-state index is 0.464. The van der Waals surface area contributed by atoms with Gasteiger partial charge in [0, 0.05) is 14.6 Å². The molecule has 2 aromatic rings. The lowest BCUT2D eigenvalue weighted by atomic mass is 9.80. The number of hydrogen-bond donors (Lipinski definition) is 3. The van der Waals surface area contributed by atoms with Crippen molar-refractivity contribution in [2.45, 2.75) is 0 Å². The molecule has 0 saturated heterocycles. The summed E-state index contributed by atoms with van der Waals surface area (Å²) in [4.78, 5) is 0. The van der Waals surface area contributed by atoms with Gasteiger partial charge in [-0.1, -0.05) is 15.9 Å². The molecule has 0 saturated carbocycles. The summed E-state index contributed by atoms with van der Waals surface area (Å²) >= 11 is 4.78.